The number of β-amino-alcohol motifs (C(OH)–C–C–N with tert-alkyl or cyclic N) is 1. The van der Waals surface area contributed by atoms with Gasteiger partial charge in [0.25, 0.3) is 0 Å². The van der Waals surface area contributed by atoms with E-state index in [0.29, 0.717) is 18.9 Å². The zero-order valence-electron chi connectivity index (χ0n) is 14.4. The highest BCUT2D eigenvalue weighted by molar-refractivity contribution is 5.83. The standard InChI is InChI=1S/C20H26N2O3/c21-20(24)11-15-7-9-22(10-8-15)13-18(23)14-25-19-6-5-16-3-1-2-4-17(16)12-19/h1-6,12,15,18,23H,7-11,13-14H2,(H2,21,24). The van der Waals surface area contributed by atoms with Crippen molar-refractivity contribution in [3.8, 4) is 5.75 Å². The lowest BCUT2D eigenvalue weighted by Crippen LogP contribution is -2.41. The molecule has 0 aromatic heterocycles. The van der Waals surface area contributed by atoms with Gasteiger partial charge in [0, 0.05) is 13.0 Å². The van der Waals surface area contributed by atoms with E-state index in [0.717, 1.165) is 37.1 Å². The van der Waals surface area contributed by atoms with Crippen molar-refractivity contribution >= 4 is 16.7 Å². The second-order valence-electron chi connectivity index (χ2n) is 6.89. The van der Waals surface area contributed by atoms with Gasteiger partial charge in [-0.3, -0.25) is 4.79 Å². The minimum atomic E-state index is -0.529. The number of piperidine rings is 1. The Labute approximate surface area is 148 Å². The monoisotopic (exact) mass is 342 g/mol. The molecule has 1 fully saturated rings. The van der Waals surface area contributed by atoms with Crippen molar-refractivity contribution in [3.05, 3.63) is 42.5 Å². The summed E-state index contributed by atoms with van der Waals surface area (Å²) in [7, 11) is 0. The van der Waals surface area contributed by atoms with Crippen LogP contribution in [0.15, 0.2) is 42.5 Å². The number of nitrogens with zero attached hydrogens (tertiary/aromatic N) is 1. The van der Waals surface area contributed by atoms with Crippen LogP contribution in [0.25, 0.3) is 10.8 Å². The number of ether oxygens (including phenoxy) is 1. The van der Waals surface area contributed by atoms with Gasteiger partial charge in [0.1, 0.15) is 18.5 Å². The molecular formula is C20H26N2O3. The van der Waals surface area contributed by atoms with Gasteiger partial charge in [-0.1, -0.05) is 30.3 Å². The molecule has 1 atom stereocenters. The number of likely N-dealkylation sites (tertiary alicyclic amines) is 1. The van der Waals surface area contributed by atoms with E-state index >= 15 is 0 Å². The van der Waals surface area contributed by atoms with Gasteiger partial charge in [-0.05, 0) is 54.8 Å². The van der Waals surface area contributed by atoms with Crippen molar-refractivity contribution in [1.29, 1.82) is 0 Å². The number of aliphatic hydroxyl groups excluding tert-OH is 1. The summed E-state index contributed by atoms with van der Waals surface area (Å²) in [4.78, 5) is 13.2. The predicted molar refractivity (Wildman–Crippen MR) is 98.4 cm³/mol. The minimum Gasteiger partial charge on any atom is -0.491 e. The lowest BCUT2D eigenvalue weighted by Gasteiger charge is -2.32. The number of aliphatic hydroxyl groups is 1. The maximum absolute atomic E-state index is 11.0. The third kappa shape index (κ3) is 5.18. The Hall–Kier alpha value is -2.11. The second-order valence-corrected chi connectivity index (χ2v) is 6.89. The number of amides is 1. The van der Waals surface area contributed by atoms with Crippen LogP contribution in [0.5, 0.6) is 5.75 Å². The summed E-state index contributed by atoms with van der Waals surface area (Å²) in [5, 5.41) is 12.6. The second kappa shape index (κ2) is 8.32. The van der Waals surface area contributed by atoms with E-state index in [-0.39, 0.29) is 12.5 Å². The highest BCUT2D eigenvalue weighted by Gasteiger charge is 2.22. The maximum Gasteiger partial charge on any atom is 0.217 e. The van der Waals surface area contributed by atoms with Crippen molar-refractivity contribution < 1.29 is 14.6 Å². The smallest absolute Gasteiger partial charge is 0.217 e. The summed E-state index contributed by atoms with van der Waals surface area (Å²) in [6, 6.07) is 14.1. The van der Waals surface area contributed by atoms with E-state index in [1.165, 1.54) is 5.39 Å². The molecule has 3 N–H and O–H groups in total. The van der Waals surface area contributed by atoms with Gasteiger partial charge >= 0.3 is 0 Å². The summed E-state index contributed by atoms with van der Waals surface area (Å²) in [5.74, 6) is 0.944. The molecule has 1 unspecified atom stereocenters. The molecule has 1 heterocycles. The highest BCUT2D eigenvalue weighted by Crippen LogP contribution is 2.22. The number of nitrogens with two attached hydrogens (primary N) is 1. The first kappa shape index (κ1) is 17.7. The molecule has 0 radical (unpaired) electrons. The molecule has 1 amide bonds. The number of primary amides is 1. The molecule has 134 valence electrons. The molecule has 2 aromatic rings. The van der Waals surface area contributed by atoms with Crippen molar-refractivity contribution in [1.82, 2.24) is 4.90 Å². The van der Waals surface area contributed by atoms with E-state index in [1.807, 2.05) is 30.3 Å². The molecule has 5 heteroatoms. The van der Waals surface area contributed by atoms with Gasteiger partial charge in [0.2, 0.25) is 5.91 Å². The quantitative estimate of drug-likeness (QED) is 0.808. The van der Waals surface area contributed by atoms with Gasteiger partial charge in [-0.2, -0.15) is 0 Å². The Morgan fingerprint density at radius 2 is 1.92 bits per heavy atom. The van der Waals surface area contributed by atoms with Crippen molar-refractivity contribution in [2.45, 2.75) is 25.4 Å². The third-order valence-corrected chi connectivity index (χ3v) is 4.83. The Bertz CT molecular complexity index is 711. The number of hydrogen-bond donors (Lipinski definition) is 2. The molecule has 0 spiro atoms. The Balaban J connectivity index is 1.43. The van der Waals surface area contributed by atoms with Crippen molar-refractivity contribution in [2.75, 3.05) is 26.2 Å². The Morgan fingerprint density at radius 1 is 1.20 bits per heavy atom. The Kier molecular flexibility index (Phi) is 5.89. The molecule has 1 aliphatic heterocycles. The normalized spacial score (nSPS) is 17.5. The van der Waals surface area contributed by atoms with Crippen molar-refractivity contribution in [2.24, 2.45) is 11.7 Å². The fraction of sp³-hybridized carbons (Fsp3) is 0.450. The topological polar surface area (TPSA) is 75.8 Å². The van der Waals surface area contributed by atoms with Crippen LogP contribution in [0.3, 0.4) is 0 Å². The van der Waals surface area contributed by atoms with E-state index in [9.17, 15) is 9.90 Å². The van der Waals surface area contributed by atoms with Crippen LogP contribution in [0, 0.1) is 5.92 Å². The van der Waals surface area contributed by atoms with Gasteiger partial charge in [0.05, 0.1) is 0 Å². The van der Waals surface area contributed by atoms with Crippen LogP contribution in [-0.4, -0.2) is 48.3 Å². The molecule has 0 aliphatic carbocycles. The fourth-order valence-electron chi connectivity index (χ4n) is 3.46. The van der Waals surface area contributed by atoms with Crippen LogP contribution in [0.4, 0.5) is 0 Å². The SMILES string of the molecule is NC(=O)CC1CCN(CC(O)COc2ccc3ccccc3c2)CC1. The third-order valence-electron chi connectivity index (χ3n) is 4.83. The number of rotatable bonds is 7. The molecule has 1 aliphatic rings. The van der Waals surface area contributed by atoms with Crippen LogP contribution in [0.1, 0.15) is 19.3 Å². The van der Waals surface area contributed by atoms with Gasteiger partial charge < -0.3 is 20.5 Å². The molecule has 2 aromatic carbocycles. The zero-order chi connectivity index (χ0) is 17.6. The number of benzene rings is 2. The molecule has 3 rings (SSSR count). The average molecular weight is 342 g/mol. The summed E-state index contributed by atoms with van der Waals surface area (Å²) < 4.78 is 5.75. The molecule has 0 saturated carbocycles. The fourth-order valence-corrected chi connectivity index (χ4v) is 3.46. The maximum atomic E-state index is 11.0. The van der Waals surface area contributed by atoms with Crippen molar-refractivity contribution in [3.63, 3.8) is 0 Å². The molecule has 1 saturated heterocycles. The summed E-state index contributed by atoms with van der Waals surface area (Å²) >= 11 is 0. The molecular weight excluding hydrogens is 316 g/mol. The Morgan fingerprint density at radius 3 is 2.64 bits per heavy atom. The van der Waals surface area contributed by atoms with Crippen LogP contribution in [-0.2, 0) is 4.79 Å². The largest absolute Gasteiger partial charge is 0.491 e. The minimum absolute atomic E-state index is 0.220. The zero-order valence-corrected chi connectivity index (χ0v) is 14.4. The summed E-state index contributed by atoms with van der Waals surface area (Å²) in [5.41, 5.74) is 5.26. The van der Waals surface area contributed by atoms with Gasteiger partial charge in [0.15, 0.2) is 0 Å². The lowest BCUT2D eigenvalue weighted by atomic mass is 9.93. The first-order valence-corrected chi connectivity index (χ1v) is 8.90. The predicted octanol–water partition coefficient (Wildman–Crippen LogP) is 2.17. The summed E-state index contributed by atoms with van der Waals surface area (Å²) in [6.07, 6.45) is 1.86. The first-order valence-electron chi connectivity index (χ1n) is 8.90. The first-order chi connectivity index (χ1) is 12.1. The molecule has 25 heavy (non-hydrogen) atoms. The van der Waals surface area contributed by atoms with E-state index in [4.69, 9.17) is 10.5 Å². The van der Waals surface area contributed by atoms with Crippen LogP contribution < -0.4 is 10.5 Å². The van der Waals surface area contributed by atoms with Gasteiger partial charge in [-0.25, -0.2) is 0 Å². The van der Waals surface area contributed by atoms with E-state index < -0.39 is 6.10 Å². The highest BCUT2D eigenvalue weighted by atomic mass is 16.5. The number of carbonyl (C=O) groups excluding carboxylic acids is 1. The van der Waals surface area contributed by atoms with E-state index in [1.54, 1.807) is 0 Å². The lowest BCUT2D eigenvalue weighted by molar-refractivity contribution is -0.119. The van der Waals surface area contributed by atoms with Crippen LogP contribution in [0.2, 0.25) is 0 Å². The number of fused-ring (bicyclic) bond motifs is 1. The molecule has 5 nitrogen and oxygen atoms in total. The van der Waals surface area contributed by atoms with Gasteiger partial charge in [-0.15, -0.1) is 0 Å². The summed E-state index contributed by atoms with van der Waals surface area (Å²) in [6.45, 7) is 2.66. The number of hydrogen-bond acceptors (Lipinski definition) is 4. The average Bonchev–Trinajstić information content (AvgIpc) is 2.61. The van der Waals surface area contributed by atoms with E-state index in [2.05, 4.69) is 17.0 Å². The number of carbonyl (C=O) groups is 1. The van der Waals surface area contributed by atoms with Crippen LogP contribution >= 0.6 is 0 Å². The molecule has 0 bridgehead atoms.